The Morgan fingerprint density at radius 2 is 2.15 bits per heavy atom. The van der Waals surface area contributed by atoms with Crippen LogP contribution in [-0.2, 0) is 4.74 Å². The SMILES string of the molecule is CCCOCCCNC(=O)c1sc2ccccc2c1N. The fourth-order valence-corrected chi connectivity index (χ4v) is 2.98. The summed E-state index contributed by atoms with van der Waals surface area (Å²) in [7, 11) is 0. The second-order valence-electron chi connectivity index (χ2n) is 4.56. The Morgan fingerprint density at radius 3 is 2.90 bits per heavy atom. The summed E-state index contributed by atoms with van der Waals surface area (Å²) < 4.78 is 6.41. The highest BCUT2D eigenvalue weighted by Gasteiger charge is 2.15. The van der Waals surface area contributed by atoms with Crippen molar-refractivity contribution >= 4 is 33.0 Å². The fraction of sp³-hybridized carbons (Fsp3) is 0.400. The molecule has 0 unspecified atom stereocenters. The first-order valence-corrected chi connectivity index (χ1v) is 7.68. The summed E-state index contributed by atoms with van der Waals surface area (Å²) in [5.41, 5.74) is 6.61. The van der Waals surface area contributed by atoms with Crippen LogP contribution in [0.4, 0.5) is 5.69 Å². The molecule has 4 nitrogen and oxygen atoms in total. The number of carbonyl (C=O) groups is 1. The maximum absolute atomic E-state index is 12.1. The molecule has 20 heavy (non-hydrogen) atoms. The molecular formula is C15H20N2O2S. The number of amides is 1. The predicted octanol–water partition coefficient (Wildman–Crippen LogP) is 3.03. The molecule has 0 radical (unpaired) electrons. The van der Waals surface area contributed by atoms with Gasteiger partial charge in [0, 0.05) is 29.8 Å². The second kappa shape index (κ2) is 7.26. The van der Waals surface area contributed by atoms with Gasteiger partial charge in [-0.2, -0.15) is 0 Å². The minimum Gasteiger partial charge on any atom is -0.397 e. The number of thiophene rings is 1. The topological polar surface area (TPSA) is 64.3 Å². The first-order valence-electron chi connectivity index (χ1n) is 6.87. The number of fused-ring (bicyclic) bond motifs is 1. The van der Waals surface area contributed by atoms with Gasteiger partial charge in [-0.05, 0) is 18.9 Å². The molecule has 0 saturated carbocycles. The molecule has 2 rings (SSSR count). The Kier molecular flexibility index (Phi) is 5.38. The number of anilines is 1. The summed E-state index contributed by atoms with van der Waals surface area (Å²) in [5, 5.41) is 3.84. The van der Waals surface area contributed by atoms with Crippen LogP contribution in [0.5, 0.6) is 0 Å². The molecule has 0 aliphatic carbocycles. The average molecular weight is 292 g/mol. The number of nitrogens with one attached hydrogen (secondary N) is 1. The Hall–Kier alpha value is -1.59. The number of nitrogens with two attached hydrogens (primary N) is 1. The Morgan fingerprint density at radius 1 is 1.35 bits per heavy atom. The van der Waals surface area contributed by atoms with Crippen molar-refractivity contribution < 1.29 is 9.53 Å². The van der Waals surface area contributed by atoms with E-state index >= 15 is 0 Å². The van der Waals surface area contributed by atoms with Crippen molar-refractivity contribution in [2.24, 2.45) is 0 Å². The van der Waals surface area contributed by atoms with Crippen molar-refractivity contribution in [3.63, 3.8) is 0 Å². The molecule has 1 amide bonds. The lowest BCUT2D eigenvalue weighted by Gasteiger charge is -2.05. The van der Waals surface area contributed by atoms with Crippen LogP contribution < -0.4 is 11.1 Å². The van der Waals surface area contributed by atoms with E-state index in [0.29, 0.717) is 23.7 Å². The minimum atomic E-state index is -0.0980. The van der Waals surface area contributed by atoms with Crippen LogP contribution in [0, 0.1) is 0 Å². The molecule has 3 N–H and O–H groups in total. The number of ether oxygens (including phenoxy) is 1. The van der Waals surface area contributed by atoms with Crippen molar-refractivity contribution in [2.75, 3.05) is 25.5 Å². The minimum absolute atomic E-state index is 0.0980. The largest absolute Gasteiger partial charge is 0.397 e. The predicted molar refractivity (Wildman–Crippen MR) is 84.3 cm³/mol. The summed E-state index contributed by atoms with van der Waals surface area (Å²) >= 11 is 1.44. The highest BCUT2D eigenvalue weighted by molar-refractivity contribution is 7.21. The van der Waals surface area contributed by atoms with Crippen molar-refractivity contribution in [1.82, 2.24) is 5.32 Å². The number of hydrogen-bond acceptors (Lipinski definition) is 4. The molecule has 2 aromatic rings. The number of carbonyl (C=O) groups excluding carboxylic acids is 1. The Bertz CT molecular complexity index is 580. The highest BCUT2D eigenvalue weighted by atomic mass is 32.1. The number of benzene rings is 1. The van der Waals surface area contributed by atoms with Gasteiger partial charge in [0.1, 0.15) is 4.88 Å². The summed E-state index contributed by atoms with van der Waals surface area (Å²) in [5.74, 6) is -0.0980. The van der Waals surface area contributed by atoms with Gasteiger partial charge >= 0.3 is 0 Å². The second-order valence-corrected chi connectivity index (χ2v) is 5.62. The third-order valence-corrected chi connectivity index (χ3v) is 4.12. The van der Waals surface area contributed by atoms with Gasteiger partial charge in [0.2, 0.25) is 0 Å². The first kappa shape index (κ1) is 14.8. The molecule has 0 aliphatic rings. The van der Waals surface area contributed by atoms with Crippen LogP contribution in [0.1, 0.15) is 29.4 Å². The number of rotatable bonds is 7. The monoisotopic (exact) mass is 292 g/mol. The van der Waals surface area contributed by atoms with E-state index in [0.717, 1.165) is 29.5 Å². The third-order valence-electron chi connectivity index (χ3n) is 2.94. The van der Waals surface area contributed by atoms with Crippen LogP contribution >= 0.6 is 11.3 Å². The van der Waals surface area contributed by atoms with E-state index in [-0.39, 0.29) is 5.91 Å². The maximum Gasteiger partial charge on any atom is 0.263 e. The zero-order valence-electron chi connectivity index (χ0n) is 11.6. The quantitative estimate of drug-likeness (QED) is 0.771. The van der Waals surface area contributed by atoms with E-state index in [1.807, 2.05) is 24.3 Å². The lowest BCUT2D eigenvalue weighted by atomic mass is 10.2. The van der Waals surface area contributed by atoms with Crippen LogP contribution in [0.2, 0.25) is 0 Å². The van der Waals surface area contributed by atoms with Crippen molar-refractivity contribution in [3.8, 4) is 0 Å². The Labute approximate surface area is 122 Å². The third kappa shape index (κ3) is 3.49. The zero-order chi connectivity index (χ0) is 14.4. The van der Waals surface area contributed by atoms with Crippen LogP contribution in [-0.4, -0.2) is 25.7 Å². The van der Waals surface area contributed by atoms with Crippen LogP contribution in [0.25, 0.3) is 10.1 Å². The normalized spacial score (nSPS) is 10.8. The molecule has 1 heterocycles. The van der Waals surface area contributed by atoms with E-state index in [9.17, 15) is 4.79 Å². The van der Waals surface area contributed by atoms with Gasteiger partial charge < -0.3 is 15.8 Å². The molecule has 0 aliphatic heterocycles. The van der Waals surface area contributed by atoms with Gasteiger partial charge in [-0.1, -0.05) is 25.1 Å². The first-order chi connectivity index (χ1) is 9.74. The van der Waals surface area contributed by atoms with Crippen molar-refractivity contribution in [3.05, 3.63) is 29.1 Å². The van der Waals surface area contributed by atoms with Gasteiger partial charge in [0.25, 0.3) is 5.91 Å². The fourth-order valence-electron chi connectivity index (χ4n) is 1.94. The summed E-state index contributed by atoms with van der Waals surface area (Å²) in [6.07, 6.45) is 1.83. The molecular weight excluding hydrogens is 272 g/mol. The van der Waals surface area contributed by atoms with Gasteiger partial charge in [-0.25, -0.2) is 0 Å². The zero-order valence-corrected chi connectivity index (χ0v) is 12.5. The molecule has 1 aromatic carbocycles. The van der Waals surface area contributed by atoms with Crippen LogP contribution in [0.15, 0.2) is 24.3 Å². The van der Waals surface area contributed by atoms with E-state index < -0.39 is 0 Å². The molecule has 5 heteroatoms. The molecule has 0 saturated heterocycles. The van der Waals surface area contributed by atoms with Crippen LogP contribution in [0.3, 0.4) is 0 Å². The molecule has 1 aromatic heterocycles. The number of hydrogen-bond donors (Lipinski definition) is 2. The van der Waals surface area contributed by atoms with Crippen molar-refractivity contribution in [2.45, 2.75) is 19.8 Å². The van der Waals surface area contributed by atoms with Gasteiger partial charge in [0.15, 0.2) is 0 Å². The van der Waals surface area contributed by atoms with E-state index in [1.165, 1.54) is 11.3 Å². The lowest BCUT2D eigenvalue weighted by Crippen LogP contribution is -2.25. The summed E-state index contributed by atoms with van der Waals surface area (Å²) in [4.78, 5) is 12.7. The highest BCUT2D eigenvalue weighted by Crippen LogP contribution is 2.33. The van der Waals surface area contributed by atoms with E-state index in [4.69, 9.17) is 10.5 Å². The molecule has 108 valence electrons. The molecule has 0 atom stereocenters. The van der Waals surface area contributed by atoms with Crippen molar-refractivity contribution in [1.29, 1.82) is 0 Å². The summed E-state index contributed by atoms with van der Waals surface area (Å²) in [6, 6.07) is 7.80. The standard InChI is InChI=1S/C15H20N2O2S/c1-2-9-19-10-5-8-17-15(18)14-13(16)11-6-3-4-7-12(11)20-14/h3-4,6-7H,2,5,8-10,16H2,1H3,(H,17,18). The van der Waals surface area contributed by atoms with Gasteiger partial charge in [0.05, 0.1) is 5.69 Å². The van der Waals surface area contributed by atoms with Gasteiger partial charge in [-0.15, -0.1) is 11.3 Å². The maximum atomic E-state index is 12.1. The van der Waals surface area contributed by atoms with Gasteiger partial charge in [-0.3, -0.25) is 4.79 Å². The lowest BCUT2D eigenvalue weighted by molar-refractivity contribution is 0.0946. The summed E-state index contributed by atoms with van der Waals surface area (Å²) in [6.45, 7) is 4.13. The average Bonchev–Trinajstić information content (AvgIpc) is 2.80. The molecule has 0 bridgehead atoms. The number of nitrogen functional groups attached to an aromatic ring is 1. The Balaban J connectivity index is 1.89. The molecule has 0 fully saturated rings. The van der Waals surface area contributed by atoms with E-state index in [1.54, 1.807) is 0 Å². The molecule has 0 spiro atoms. The van der Waals surface area contributed by atoms with E-state index in [2.05, 4.69) is 12.2 Å². The smallest absolute Gasteiger partial charge is 0.263 e.